The van der Waals surface area contributed by atoms with Gasteiger partial charge >= 0.3 is 0 Å². The van der Waals surface area contributed by atoms with Crippen LogP contribution in [0.25, 0.3) is 10.9 Å². The molecule has 6 nitrogen and oxygen atoms in total. The number of hydrogen-bond donors (Lipinski definition) is 2. The molecule has 1 aliphatic heterocycles. The van der Waals surface area contributed by atoms with Crippen LogP contribution in [0.5, 0.6) is 5.75 Å². The zero-order valence-corrected chi connectivity index (χ0v) is 20.0. The summed E-state index contributed by atoms with van der Waals surface area (Å²) >= 11 is 5.82. The Morgan fingerprint density at radius 1 is 1.21 bits per heavy atom. The molecule has 4 rings (SSSR count). The van der Waals surface area contributed by atoms with Gasteiger partial charge in [0.15, 0.2) is 5.11 Å². The van der Waals surface area contributed by atoms with Crippen LogP contribution in [0.3, 0.4) is 0 Å². The maximum atomic E-state index is 12.9. The number of pyridine rings is 1. The van der Waals surface area contributed by atoms with E-state index >= 15 is 0 Å². The Morgan fingerprint density at radius 2 is 2.06 bits per heavy atom. The lowest BCUT2D eigenvalue weighted by Gasteiger charge is -2.28. The molecule has 0 spiro atoms. The lowest BCUT2D eigenvalue weighted by molar-refractivity contribution is 0.0904. The molecule has 33 heavy (non-hydrogen) atoms. The lowest BCUT2D eigenvalue weighted by atomic mass is 10.1. The van der Waals surface area contributed by atoms with Crippen LogP contribution < -0.4 is 15.6 Å². The SMILES string of the molecule is CCOc1ccc2[nH]c(=O)c(CN(C[C@@H]3CCCO3)C(=S)Nc3ccccc3CC)cc2c1. The Labute approximate surface area is 199 Å². The van der Waals surface area contributed by atoms with Crippen LogP contribution in [0.4, 0.5) is 5.69 Å². The number of fused-ring (bicyclic) bond motifs is 1. The van der Waals surface area contributed by atoms with Gasteiger partial charge in [0.2, 0.25) is 0 Å². The molecule has 2 N–H and O–H groups in total. The molecular formula is C26H31N3O3S. The quantitative estimate of drug-likeness (QED) is 0.463. The predicted octanol–water partition coefficient (Wildman–Crippen LogP) is 4.87. The minimum absolute atomic E-state index is 0.107. The molecule has 1 aromatic heterocycles. The van der Waals surface area contributed by atoms with Crippen molar-refractivity contribution in [1.29, 1.82) is 0 Å². The summed E-state index contributed by atoms with van der Waals surface area (Å²) in [4.78, 5) is 17.9. The van der Waals surface area contributed by atoms with Gasteiger partial charge in [0.05, 0.1) is 19.3 Å². The molecule has 0 amide bonds. The number of rotatable bonds is 8. The van der Waals surface area contributed by atoms with E-state index in [2.05, 4.69) is 23.3 Å². The number of nitrogens with zero attached hydrogens (tertiary/aromatic N) is 1. The number of H-pyrrole nitrogens is 1. The maximum Gasteiger partial charge on any atom is 0.253 e. The van der Waals surface area contributed by atoms with Gasteiger partial charge in [-0.15, -0.1) is 0 Å². The number of aromatic amines is 1. The highest BCUT2D eigenvalue weighted by atomic mass is 32.1. The second kappa shape index (κ2) is 10.8. The van der Waals surface area contributed by atoms with Gasteiger partial charge in [0, 0.05) is 35.3 Å². The molecule has 0 bridgehead atoms. The van der Waals surface area contributed by atoms with Gasteiger partial charge in [0.1, 0.15) is 5.75 Å². The monoisotopic (exact) mass is 465 g/mol. The number of para-hydroxylation sites is 1. The van der Waals surface area contributed by atoms with E-state index in [1.54, 1.807) is 0 Å². The largest absolute Gasteiger partial charge is 0.494 e. The summed E-state index contributed by atoms with van der Waals surface area (Å²) < 4.78 is 11.5. The molecule has 7 heteroatoms. The Bertz CT molecular complexity index is 1170. The van der Waals surface area contributed by atoms with E-state index < -0.39 is 0 Å². The highest BCUT2D eigenvalue weighted by Crippen LogP contribution is 2.22. The van der Waals surface area contributed by atoms with Crippen LogP contribution in [0.1, 0.15) is 37.8 Å². The van der Waals surface area contributed by atoms with Crippen molar-refractivity contribution >= 4 is 33.9 Å². The summed E-state index contributed by atoms with van der Waals surface area (Å²) in [6.07, 6.45) is 3.06. The zero-order valence-electron chi connectivity index (χ0n) is 19.2. The fourth-order valence-electron chi connectivity index (χ4n) is 4.21. The van der Waals surface area contributed by atoms with Crippen LogP contribution >= 0.6 is 12.2 Å². The molecule has 1 atom stereocenters. The third kappa shape index (κ3) is 5.72. The number of nitrogens with one attached hydrogen (secondary N) is 2. The Kier molecular flexibility index (Phi) is 7.62. The van der Waals surface area contributed by atoms with Gasteiger partial charge < -0.3 is 24.7 Å². The maximum absolute atomic E-state index is 12.9. The fourth-order valence-corrected chi connectivity index (χ4v) is 4.46. The number of hydrogen-bond acceptors (Lipinski definition) is 4. The van der Waals surface area contributed by atoms with Gasteiger partial charge in [0.25, 0.3) is 5.56 Å². The van der Waals surface area contributed by atoms with Crippen LogP contribution in [-0.2, 0) is 17.7 Å². The van der Waals surface area contributed by atoms with E-state index in [9.17, 15) is 4.79 Å². The molecule has 2 aromatic carbocycles. The van der Waals surface area contributed by atoms with E-state index in [0.29, 0.717) is 30.4 Å². The van der Waals surface area contributed by atoms with E-state index in [0.717, 1.165) is 48.2 Å². The lowest BCUT2D eigenvalue weighted by Crippen LogP contribution is -2.40. The minimum atomic E-state index is -0.110. The first-order chi connectivity index (χ1) is 16.1. The summed E-state index contributed by atoms with van der Waals surface area (Å²) in [5.74, 6) is 0.785. The molecule has 0 radical (unpaired) electrons. The number of aromatic nitrogens is 1. The fraction of sp³-hybridized carbons (Fsp3) is 0.385. The van der Waals surface area contributed by atoms with Gasteiger partial charge in [-0.1, -0.05) is 25.1 Å². The topological polar surface area (TPSA) is 66.6 Å². The summed E-state index contributed by atoms with van der Waals surface area (Å²) in [5.41, 5.74) is 3.53. The molecule has 3 aromatic rings. The van der Waals surface area contributed by atoms with Crippen molar-refractivity contribution in [3.05, 3.63) is 70.0 Å². The van der Waals surface area contributed by atoms with Gasteiger partial charge in [-0.2, -0.15) is 0 Å². The molecule has 0 unspecified atom stereocenters. The molecule has 2 heterocycles. The molecule has 0 aliphatic carbocycles. The number of thiocarbonyl (C=S) groups is 1. The molecule has 1 aliphatic rings. The molecule has 0 saturated carbocycles. The van der Waals surface area contributed by atoms with Crippen LogP contribution in [0.2, 0.25) is 0 Å². The average molecular weight is 466 g/mol. The summed E-state index contributed by atoms with van der Waals surface area (Å²) in [5, 5.41) is 4.93. The van der Waals surface area contributed by atoms with Crippen molar-refractivity contribution < 1.29 is 9.47 Å². The predicted molar refractivity (Wildman–Crippen MR) is 137 cm³/mol. The number of anilines is 1. The third-order valence-corrected chi connectivity index (χ3v) is 6.30. The van der Waals surface area contributed by atoms with Gasteiger partial charge in [-0.3, -0.25) is 4.79 Å². The number of benzene rings is 2. The van der Waals surface area contributed by atoms with Crippen LogP contribution in [0, 0.1) is 0 Å². The first-order valence-corrected chi connectivity index (χ1v) is 12.0. The minimum Gasteiger partial charge on any atom is -0.494 e. The summed E-state index contributed by atoms with van der Waals surface area (Å²) in [6.45, 7) is 6.47. The second-order valence-electron chi connectivity index (χ2n) is 8.26. The highest BCUT2D eigenvalue weighted by molar-refractivity contribution is 7.80. The summed E-state index contributed by atoms with van der Waals surface area (Å²) in [7, 11) is 0. The second-order valence-corrected chi connectivity index (χ2v) is 8.65. The standard InChI is InChI=1S/C26H31N3O3S/c1-3-18-8-5-6-10-23(18)28-26(33)29(17-22-9-7-13-32-22)16-20-14-19-15-21(31-4-2)11-12-24(19)27-25(20)30/h5-6,8,10-12,14-15,22H,3-4,7,9,13,16-17H2,1-2H3,(H,27,30)(H,28,33)/t22-/m0/s1. The van der Waals surface area contributed by atoms with Crippen molar-refractivity contribution in [2.45, 2.75) is 45.8 Å². The van der Waals surface area contributed by atoms with Crippen molar-refractivity contribution in [2.24, 2.45) is 0 Å². The van der Waals surface area contributed by atoms with Crippen molar-refractivity contribution in [3.8, 4) is 5.75 Å². The number of aryl methyl sites for hydroxylation is 1. The third-order valence-electron chi connectivity index (χ3n) is 5.94. The summed E-state index contributed by atoms with van der Waals surface area (Å²) in [6, 6.07) is 15.8. The van der Waals surface area contributed by atoms with Crippen molar-refractivity contribution in [3.63, 3.8) is 0 Å². The smallest absolute Gasteiger partial charge is 0.253 e. The van der Waals surface area contributed by atoms with Crippen LogP contribution in [0.15, 0.2) is 53.3 Å². The van der Waals surface area contributed by atoms with Crippen LogP contribution in [-0.4, -0.2) is 40.9 Å². The normalized spacial score (nSPS) is 15.5. The molecule has 1 fully saturated rings. The van der Waals surface area contributed by atoms with E-state index in [1.165, 1.54) is 5.56 Å². The molecular weight excluding hydrogens is 434 g/mol. The average Bonchev–Trinajstić information content (AvgIpc) is 3.33. The zero-order chi connectivity index (χ0) is 23.2. The number of ether oxygens (including phenoxy) is 2. The first-order valence-electron chi connectivity index (χ1n) is 11.6. The van der Waals surface area contributed by atoms with Gasteiger partial charge in [-0.05, 0) is 74.3 Å². The van der Waals surface area contributed by atoms with E-state index in [1.807, 2.05) is 54.3 Å². The first kappa shape index (κ1) is 23.3. The van der Waals surface area contributed by atoms with Crippen molar-refractivity contribution in [2.75, 3.05) is 25.1 Å². The molecule has 1 saturated heterocycles. The van der Waals surface area contributed by atoms with Gasteiger partial charge in [-0.25, -0.2) is 0 Å². The van der Waals surface area contributed by atoms with E-state index in [4.69, 9.17) is 21.7 Å². The Hall–Kier alpha value is -2.90. The highest BCUT2D eigenvalue weighted by Gasteiger charge is 2.22. The molecule has 174 valence electrons. The Balaban J connectivity index is 1.61. The Morgan fingerprint density at radius 3 is 2.82 bits per heavy atom. The van der Waals surface area contributed by atoms with E-state index in [-0.39, 0.29) is 11.7 Å². The van der Waals surface area contributed by atoms with Crippen molar-refractivity contribution in [1.82, 2.24) is 9.88 Å².